The van der Waals surface area contributed by atoms with E-state index < -0.39 is 0 Å². The van der Waals surface area contributed by atoms with Gasteiger partial charge in [-0.15, -0.1) is 0 Å². The molecule has 2 nitrogen and oxygen atoms in total. The second kappa shape index (κ2) is 4.71. The largest absolute Gasteiger partial charge is 0.399 e. The van der Waals surface area contributed by atoms with Crippen molar-refractivity contribution in [3.63, 3.8) is 0 Å². The SMILES string of the molecule is CC(C)=CCNC1CCc2cc(N)ccc21. The summed E-state index contributed by atoms with van der Waals surface area (Å²) in [6.45, 7) is 5.22. The second-order valence-electron chi connectivity index (χ2n) is 4.74. The molecular formula is C14H20N2. The molecule has 1 aliphatic rings. The lowest BCUT2D eigenvalue weighted by atomic mass is 10.1. The van der Waals surface area contributed by atoms with Crippen LogP contribution in [0.15, 0.2) is 29.8 Å². The summed E-state index contributed by atoms with van der Waals surface area (Å²) in [7, 11) is 0. The van der Waals surface area contributed by atoms with Gasteiger partial charge in [-0.3, -0.25) is 0 Å². The van der Waals surface area contributed by atoms with E-state index in [1.807, 2.05) is 6.07 Å². The summed E-state index contributed by atoms with van der Waals surface area (Å²) >= 11 is 0. The van der Waals surface area contributed by atoms with Crippen molar-refractivity contribution >= 4 is 5.69 Å². The van der Waals surface area contributed by atoms with Gasteiger partial charge >= 0.3 is 0 Å². The van der Waals surface area contributed by atoms with Gasteiger partial charge in [0.2, 0.25) is 0 Å². The predicted octanol–water partition coefficient (Wildman–Crippen LogP) is 2.81. The van der Waals surface area contributed by atoms with Crippen LogP contribution in [-0.2, 0) is 6.42 Å². The normalized spacial score (nSPS) is 18.2. The smallest absolute Gasteiger partial charge is 0.0328 e. The van der Waals surface area contributed by atoms with Crippen LogP contribution in [0.1, 0.15) is 37.4 Å². The fraction of sp³-hybridized carbons (Fsp3) is 0.429. The lowest BCUT2D eigenvalue weighted by molar-refractivity contribution is 0.563. The van der Waals surface area contributed by atoms with Crippen molar-refractivity contribution in [1.29, 1.82) is 0 Å². The summed E-state index contributed by atoms with van der Waals surface area (Å²) in [4.78, 5) is 0. The summed E-state index contributed by atoms with van der Waals surface area (Å²) in [5, 5.41) is 3.57. The number of rotatable bonds is 3. The van der Waals surface area contributed by atoms with Crippen LogP contribution in [0.3, 0.4) is 0 Å². The van der Waals surface area contributed by atoms with Crippen LogP contribution in [-0.4, -0.2) is 6.54 Å². The number of nitrogen functional groups attached to an aromatic ring is 1. The maximum atomic E-state index is 5.79. The van der Waals surface area contributed by atoms with Crippen LogP contribution in [0.5, 0.6) is 0 Å². The maximum absolute atomic E-state index is 5.79. The zero-order valence-corrected chi connectivity index (χ0v) is 10.1. The first-order valence-electron chi connectivity index (χ1n) is 5.92. The van der Waals surface area contributed by atoms with E-state index in [4.69, 9.17) is 5.73 Å². The van der Waals surface area contributed by atoms with Crippen molar-refractivity contribution in [3.05, 3.63) is 41.0 Å². The zero-order valence-electron chi connectivity index (χ0n) is 10.1. The average Bonchev–Trinajstić information content (AvgIpc) is 2.60. The Morgan fingerprint density at radius 2 is 2.31 bits per heavy atom. The summed E-state index contributed by atoms with van der Waals surface area (Å²) in [5.74, 6) is 0. The van der Waals surface area contributed by atoms with Gasteiger partial charge in [0.15, 0.2) is 0 Å². The molecule has 1 aromatic carbocycles. The third kappa shape index (κ3) is 2.45. The van der Waals surface area contributed by atoms with Crippen LogP contribution in [0.25, 0.3) is 0 Å². The third-order valence-corrected chi connectivity index (χ3v) is 3.12. The summed E-state index contributed by atoms with van der Waals surface area (Å²) in [6, 6.07) is 6.78. The average molecular weight is 216 g/mol. The van der Waals surface area contributed by atoms with Crippen molar-refractivity contribution in [2.24, 2.45) is 0 Å². The molecule has 0 saturated carbocycles. The van der Waals surface area contributed by atoms with Gasteiger partial charge in [-0.05, 0) is 49.9 Å². The first kappa shape index (κ1) is 11.2. The van der Waals surface area contributed by atoms with Crippen molar-refractivity contribution in [3.8, 4) is 0 Å². The van der Waals surface area contributed by atoms with Crippen LogP contribution < -0.4 is 11.1 Å². The van der Waals surface area contributed by atoms with Crippen LogP contribution in [0.4, 0.5) is 5.69 Å². The van der Waals surface area contributed by atoms with Gasteiger partial charge in [0, 0.05) is 18.3 Å². The number of fused-ring (bicyclic) bond motifs is 1. The van der Waals surface area contributed by atoms with E-state index in [9.17, 15) is 0 Å². The third-order valence-electron chi connectivity index (χ3n) is 3.12. The van der Waals surface area contributed by atoms with Crippen molar-refractivity contribution in [1.82, 2.24) is 5.32 Å². The Morgan fingerprint density at radius 1 is 1.50 bits per heavy atom. The van der Waals surface area contributed by atoms with Gasteiger partial charge in [0.25, 0.3) is 0 Å². The Labute approximate surface area is 97.5 Å². The lowest BCUT2D eigenvalue weighted by Crippen LogP contribution is -2.19. The molecule has 1 unspecified atom stereocenters. The molecule has 3 N–H and O–H groups in total. The minimum absolute atomic E-state index is 0.506. The fourth-order valence-corrected chi connectivity index (χ4v) is 2.25. The highest BCUT2D eigenvalue weighted by Gasteiger charge is 2.21. The van der Waals surface area contributed by atoms with Crippen LogP contribution in [0.2, 0.25) is 0 Å². The van der Waals surface area contributed by atoms with Gasteiger partial charge in [0.05, 0.1) is 0 Å². The Morgan fingerprint density at radius 3 is 3.06 bits per heavy atom. The number of benzene rings is 1. The van der Waals surface area contributed by atoms with Crippen LogP contribution in [0, 0.1) is 0 Å². The molecule has 0 heterocycles. The molecule has 1 atom stereocenters. The number of nitrogens with one attached hydrogen (secondary N) is 1. The molecule has 16 heavy (non-hydrogen) atoms. The van der Waals surface area contributed by atoms with E-state index in [-0.39, 0.29) is 0 Å². The topological polar surface area (TPSA) is 38.0 Å². The molecule has 2 heteroatoms. The van der Waals surface area contributed by atoms with E-state index in [0.717, 1.165) is 18.7 Å². The molecule has 86 valence electrons. The van der Waals surface area contributed by atoms with E-state index in [1.54, 1.807) is 0 Å². The highest BCUT2D eigenvalue weighted by Crippen LogP contribution is 2.32. The van der Waals surface area contributed by atoms with Gasteiger partial charge < -0.3 is 11.1 Å². The standard InChI is InChI=1S/C14H20N2/c1-10(2)7-8-16-14-6-3-11-9-12(15)4-5-13(11)14/h4-5,7,9,14,16H,3,6,8,15H2,1-2H3. The van der Waals surface area contributed by atoms with Gasteiger partial charge in [0.1, 0.15) is 0 Å². The Bertz CT molecular complexity index is 403. The molecule has 0 saturated heterocycles. The van der Waals surface area contributed by atoms with Gasteiger partial charge in [-0.2, -0.15) is 0 Å². The molecule has 0 aliphatic heterocycles. The first-order chi connectivity index (χ1) is 7.66. The summed E-state index contributed by atoms with van der Waals surface area (Å²) in [6.07, 6.45) is 4.57. The number of anilines is 1. The molecule has 0 amide bonds. The van der Waals surface area contributed by atoms with E-state index in [1.165, 1.54) is 23.1 Å². The molecule has 0 bridgehead atoms. The Hall–Kier alpha value is -1.28. The summed E-state index contributed by atoms with van der Waals surface area (Å²) < 4.78 is 0. The summed E-state index contributed by atoms with van der Waals surface area (Å²) in [5.41, 5.74) is 10.9. The number of allylic oxidation sites excluding steroid dienone is 1. The molecule has 0 radical (unpaired) electrons. The predicted molar refractivity (Wildman–Crippen MR) is 69.4 cm³/mol. The highest BCUT2D eigenvalue weighted by molar-refractivity contribution is 5.47. The molecule has 0 spiro atoms. The van der Waals surface area contributed by atoms with E-state index in [2.05, 4.69) is 37.4 Å². The highest BCUT2D eigenvalue weighted by atomic mass is 14.9. The van der Waals surface area contributed by atoms with Crippen molar-refractivity contribution in [2.45, 2.75) is 32.7 Å². The lowest BCUT2D eigenvalue weighted by Gasteiger charge is -2.12. The van der Waals surface area contributed by atoms with Gasteiger partial charge in [-0.1, -0.05) is 17.7 Å². The Kier molecular flexibility index (Phi) is 3.30. The quantitative estimate of drug-likeness (QED) is 0.602. The van der Waals surface area contributed by atoms with Gasteiger partial charge in [-0.25, -0.2) is 0 Å². The monoisotopic (exact) mass is 216 g/mol. The minimum atomic E-state index is 0.506. The van der Waals surface area contributed by atoms with E-state index in [0.29, 0.717) is 6.04 Å². The molecule has 0 aromatic heterocycles. The molecular weight excluding hydrogens is 196 g/mol. The fourth-order valence-electron chi connectivity index (χ4n) is 2.25. The molecule has 2 rings (SSSR count). The second-order valence-corrected chi connectivity index (χ2v) is 4.74. The first-order valence-corrected chi connectivity index (χ1v) is 5.92. The number of aryl methyl sites for hydroxylation is 1. The van der Waals surface area contributed by atoms with E-state index >= 15 is 0 Å². The Balaban J connectivity index is 2.03. The zero-order chi connectivity index (χ0) is 11.5. The minimum Gasteiger partial charge on any atom is -0.399 e. The molecule has 1 aliphatic carbocycles. The number of hydrogen-bond acceptors (Lipinski definition) is 2. The number of hydrogen-bond donors (Lipinski definition) is 2. The molecule has 1 aromatic rings. The number of nitrogens with two attached hydrogens (primary N) is 1. The van der Waals surface area contributed by atoms with Crippen molar-refractivity contribution in [2.75, 3.05) is 12.3 Å². The van der Waals surface area contributed by atoms with Crippen LogP contribution >= 0.6 is 0 Å². The maximum Gasteiger partial charge on any atom is 0.0328 e. The molecule has 0 fully saturated rings. The van der Waals surface area contributed by atoms with Crippen molar-refractivity contribution < 1.29 is 0 Å².